The number of benzene rings is 1. The van der Waals surface area contributed by atoms with E-state index in [1.807, 2.05) is 0 Å². The minimum absolute atomic E-state index is 0.335. The molecule has 0 amide bonds. The molecule has 1 aromatic carbocycles. The molecule has 1 fully saturated rings. The summed E-state index contributed by atoms with van der Waals surface area (Å²) in [5.74, 6) is 0.495. The van der Waals surface area contributed by atoms with Crippen molar-refractivity contribution in [3.05, 3.63) is 52.2 Å². The van der Waals surface area contributed by atoms with Gasteiger partial charge in [0.1, 0.15) is 0 Å². The lowest BCUT2D eigenvalue weighted by atomic mass is 9.97. The van der Waals surface area contributed by atoms with Gasteiger partial charge in [0.15, 0.2) is 0 Å². The molecule has 3 rings (SSSR count). The lowest BCUT2D eigenvalue weighted by Crippen LogP contribution is -2.34. The largest absolute Gasteiger partial charge is 0.396 e. The summed E-state index contributed by atoms with van der Waals surface area (Å²) < 4.78 is 0. The monoisotopic (exact) mass is 344 g/mol. The van der Waals surface area contributed by atoms with Gasteiger partial charge in [-0.2, -0.15) is 11.3 Å². The molecule has 0 aliphatic carbocycles. The molecule has 2 N–H and O–H groups in total. The van der Waals surface area contributed by atoms with Crippen molar-refractivity contribution in [3.8, 4) is 0 Å². The summed E-state index contributed by atoms with van der Waals surface area (Å²) in [5.41, 5.74) is 4.06. The van der Waals surface area contributed by atoms with Crippen LogP contribution in [-0.2, 0) is 13.0 Å². The first-order valence-electron chi connectivity index (χ1n) is 8.94. The van der Waals surface area contributed by atoms with E-state index in [1.165, 1.54) is 16.8 Å². The number of thiophene rings is 1. The Balaban J connectivity index is 1.46. The lowest BCUT2D eigenvalue weighted by Gasteiger charge is -2.33. The highest BCUT2D eigenvalue weighted by Gasteiger charge is 2.18. The van der Waals surface area contributed by atoms with Crippen molar-refractivity contribution >= 4 is 17.0 Å². The van der Waals surface area contributed by atoms with Gasteiger partial charge in [-0.25, -0.2) is 0 Å². The summed E-state index contributed by atoms with van der Waals surface area (Å²) >= 11 is 1.77. The van der Waals surface area contributed by atoms with Crippen LogP contribution in [0.5, 0.6) is 0 Å². The summed E-state index contributed by atoms with van der Waals surface area (Å²) in [6.45, 7) is 5.61. The van der Waals surface area contributed by atoms with Gasteiger partial charge in [-0.1, -0.05) is 12.1 Å². The van der Waals surface area contributed by atoms with Crippen molar-refractivity contribution in [2.24, 2.45) is 5.92 Å². The van der Waals surface area contributed by atoms with Gasteiger partial charge in [0.25, 0.3) is 0 Å². The number of anilines is 1. The predicted molar refractivity (Wildman–Crippen MR) is 103 cm³/mol. The summed E-state index contributed by atoms with van der Waals surface area (Å²) in [4.78, 5) is 2.43. The molecule has 4 heteroatoms. The molecule has 0 saturated carbocycles. The zero-order valence-electron chi connectivity index (χ0n) is 14.4. The molecule has 0 spiro atoms. The molecule has 2 heterocycles. The molecule has 1 saturated heterocycles. The van der Waals surface area contributed by atoms with Crippen LogP contribution in [0.3, 0.4) is 0 Å². The minimum Gasteiger partial charge on any atom is -0.396 e. The summed E-state index contributed by atoms with van der Waals surface area (Å²) in [6.07, 6.45) is 3.28. The second-order valence-corrected chi connectivity index (χ2v) is 7.68. The lowest BCUT2D eigenvalue weighted by molar-refractivity contribution is 0.203. The maximum absolute atomic E-state index is 9.24. The van der Waals surface area contributed by atoms with E-state index in [0.29, 0.717) is 18.6 Å². The van der Waals surface area contributed by atoms with Gasteiger partial charge >= 0.3 is 0 Å². The van der Waals surface area contributed by atoms with Crippen molar-refractivity contribution in [3.63, 3.8) is 0 Å². The zero-order chi connectivity index (χ0) is 16.8. The van der Waals surface area contributed by atoms with E-state index in [9.17, 15) is 5.11 Å². The van der Waals surface area contributed by atoms with Gasteiger partial charge in [-0.3, -0.25) is 0 Å². The molecule has 1 unspecified atom stereocenters. The van der Waals surface area contributed by atoms with Crippen LogP contribution < -0.4 is 10.2 Å². The standard InChI is InChI=1S/C20H28N2OS/c1-16(12-19-8-11-24-15-19)21-13-17-2-4-20(5-3-17)22-9-6-18(14-23)7-10-22/h2-5,8,11,15-16,18,21,23H,6-7,9-10,12-14H2,1H3. The van der Waals surface area contributed by atoms with Crippen LogP contribution in [0.4, 0.5) is 5.69 Å². The van der Waals surface area contributed by atoms with Crippen LogP contribution in [0.2, 0.25) is 0 Å². The topological polar surface area (TPSA) is 35.5 Å². The van der Waals surface area contributed by atoms with Crippen LogP contribution in [0, 0.1) is 5.92 Å². The van der Waals surface area contributed by atoms with Gasteiger partial charge in [0.2, 0.25) is 0 Å². The number of nitrogens with zero attached hydrogens (tertiary/aromatic N) is 1. The second kappa shape index (κ2) is 8.65. The molecule has 2 aromatic rings. The average molecular weight is 345 g/mol. The van der Waals surface area contributed by atoms with Gasteiger partial charge in [-0.05, 0) is 72.2 Å². The molecule has 1 atom stereocenters. The van der Waals surface area contributed by atoms with Crippen LogP contribution in [-0.4, -0.2) is 30.8 Å². The normalized spacial score (nSPS) is 17.2. The Morgan fingerprint density at radius 1 is 1.17 bits per heavy atom. The number of rotatable bonds is 7. The molecular weight excluding hydrogens is 316 g/mol. The van der Waals surface area contributed by atoms with Gasteiger partial charge in [0.05, 0.1) is 0 Å². The van der Waals surface area contributed by atoms with E-state index in [4.69, 9.17) is 0 Å². The third-order valence-electron chi connectivity index (χ3n) is 4.95. The quantitative estimate of drug-likeness (QED) is 0.804. The van der Waals surface area contributed by atoms with Crippen molar-refractivity contribution < 1.29 is 5.11 Å². The van der Waals surface area contributed by atoms with Crippen LogP contribution >= 0.6 is 11.3 Å². The van der Waals surface area contributed by atoms with E-state index >= 15 is 0 Å². The maximum Gasteiger partial charge on any atom is 0.0460 e. The highest BCUT2D eigenvalue weighted by molar-refractivity contribution is 7.07. The molecular formula is C20H28N2OS. The molecule has 1 aliphatic heterocycles. The summed E-state index contributed by atoms with van der Waals surface area (Å²) in [5, 5.41) is 17.2. The number of nitrogens with one attached hydrogen (secondary N) is 1. The minimum atomic E-state index is 0.335. The summed E-state index contributed by atoms with van der Waals surface area (Å²) in [6, 6.07) is 11.6. The third-order valence-corrected chi connectivity index (χ3v) is 5.68. The Bertz CT molecular complexity index is 589. The van der Waals surface area contributed by atoms with E-state index in [2.05, 4.69) is 58.2 Å². The van der Waals surface area contributed by atoms with Crippen LogP contribution in [0.15, 0.2) is 41.1 Å². The Hall–Kier alpha value is -1.36. The van der Waals surface area contributed by atoms with Crippen molar-refractivity contribution in [2.75, 3.05) is 24.6 Å². The van der Waals surface area contributed by atoms with E-state index in [0.717, 1.165) is 38.9 Å². The van der Waals surface area contributed by atoms with Crippen molar-refractivity contribution in [2.45, 2.75) is 38.8 Å². The van der Waals surface area contributed by atoms with Crippen LogP contribution in [0.1, 0.15) is 30.9 Å². The Kier molecular flexibility index (Phi) is 6.30. The third kappa shape index (κ3) is 4.82. The molecule has 24 heavy (non-hydrogen) atoms. The van der Waals surface area contributed by atoms with Gasteiger partial charge in [-0.15, -0.1) is 0 Å². The first-order valence-corrected chi connectivity index (χ1v) is 9.88. The number of aliphatic hydroxyl groups excluding tert-OH is 1. The van der Waals surface area contributed by atoms with E-state index < -0.39 is 0 Å². The predicted octanol–water partition coefficient (Wildman–Crippen LogP) is 3.68. The molecule has 0 bridgehead atoms. The smallest absolute Gasteiger partial charge is 0.0460 e. The van der Waals surface area contributed by atoms with Crippen molar-refractivity contribution in [1.82, 2.24) is 5.32 Å². The van der Waals surface area contributed by atoms with Gasteiger partial charge in [0, 0.05) is 38.0 Å². The number of hydrogen-bond acceptors (Lipinski definition) is 4. The number of piperidine rings is 1. The molecule has 0 radical (unpaired) electrons. The highest BCUT2D eigenvalue weighted by Crippen LogP contribution is 2.23. The van der Waals surface area contributed by atoms with E-state index in [-0.39, 0.29) is 0 Å². The first kappa shape index (κ1) is 17.5. The molecule has 1 aliphatic rings. The van der Waals surface area contributed by atoms with Gasteiger partial charge < -0.3 is 15.3 Å². The zero-order valence-corrected chi connectivity index (χ0v) is 15.3. The SMILES string of the molecule is CC(Cc1ccsc1)NCc1ccc(N2CCC(CO)CC2)cc1. The maximum atomic E-state index is 9.24. The second-order valence-electron chi connectivity index (χ2n) is 6.90. The Morgan fingerprint density at radius 2 is 1.92 bits per heavy atom. The van der Waals surface area contributed by atoms with E-state index in [1.54, 1.807) is 11.3 Å². The average Bonchev–Trinajstić information content (AvgIpc) is 3.13. The molecule has 3 nitrogen and oxygen atoms in total. The van der Waals surface area contributed by atoms with Crippen LogP contribution in [0.25, 0.3) is 0 Å². The Morgan fingerprint density at radius 3 is 2.54 bits per heavy atom. The fraction of sp³-hybridized carbons (Fsp3) is 0.500. The fourth-order valence-electron chi connectivity index (χ4n) is 3.32. The molecule has 1 aromatic heterocycles. The number of hydrogen-bond donors (Lipinski definition) is 2. The fourth-order valence-corrected chi connectivity index (χ4v) is 4.01. The summed E-state index contributed by atoms with van der Waals surface area (Å²) in [7, 11) is 0. The van der Waals surface area contributed by atoms with Crippen molar-refractivity contribution in [1.29, 1.82) is 0 Å². The highest BCUT2D eigenvalue weighted by atomic mass is 32.1. The first-order chi connectivity index (χ1) is 11.7. The number of aliphatic hydroxyl groups is 1. The Labute approximate surface area is 149 Å². The molecule has 130 valence electrons.